The van der Waals surface area contributed by atoms with Gasteiger partial charge in [-0.05, 0) is 37.6 Å². The van der Waals surface area contributed by atoms with E-state index in [9.17, 15) is 9.59 Å². The Morgan fingerprint density at radius 2 is 2.22 bits per heavy atom. The third-order valence-corrected chi connectivity index (χ3v) is 3.61. The van der Waals surface area contributed by atoms with E-state index in [0.717, 1.165) is 6.42 Å². The van der Waals surface area contributed by atoms with Crippen molar-refractivity contribution in [2.75, 3.05) is 26.2 Å². The molecular formula is C16H20N4O3. The second kappa shape index (κ2) is 8.03. The maximum absolute atomic E-state index is 12.1. The largest absolute Gasteiger partial charge is 0.492 e. The predicted molar refractivity (Wildman–Crippen MR) is 83.8 cm³/mol. The number of benzene rings is 1. The first-order valence-corrected chi connectivity index (χ1v) is 7.57. The van der Waals surface area contributed by atoms with Gasteiger partial charge in [-0.15, -0.1) is 0 Å². The van der Waals surface area contributed by atoms with Gasteiger partial charge in [0.2, 0.25) is 5.91 Å². The van der Waals surface area contributed by atoms with Gasteiger partial charge < -0.3 is 20.3 Å². The molecule has 0 bridgehead atoms. The van der Waals surface area contributed by atoms with E-state index in [0.29, 0.717) is 37.6 Å². The van der Waals surface area contributed by atoms with Crippen LogP contribution in [0.4, 0.5) is 4.79 Å². The molecule has 1 heterocycles. The fraction of sp³-hybridized carbons (Fsp3) is 0.438. The Kier molecular flexibility index (Phi) is 5.80. The number of nitrogens with zero attached hydrogens (tertiary/aromatic N) is 2. The standard InChI is InChI=1S/C16H20N4O3/c1-12-15(21)18-7-2-9-20(12)16(22)19-8-10-23-14-5-3-13(11-17)4-6-14/h3-6,12H,2,7-10H2,1H3,(H,18,21)(H,19,22)/t12-/m1/s1. The Morgan fingerprint density at radius 3 is 2.91 bits per heavy atom. The molecule has 0 spiro atoms. The molecule has 1 atom stereocenters. The maximum Gasteiger partial charge on any atom is 0.318 e. The van der Waals surface area contributed by atoms with E-state index in [1.807, 2.05) is 6.07 Å². The molecule has 7 nitrogen and oxygen atoms in total. The SMILES string of the molecule is C[C@@H]1C(=O)NCCCN1C(=O)NCCOc1ccc(C#N)cc1. The van der Waals surface area contributed by atoms with Crippen LogP contribution < -0.4 is 15.4 Å². The number of amides is 3. The number of hydrogen-bond acceptors (Lipinski definition) is 4. The Bertz CT molecular complexity index is 594. The third-order valence-electron chi connectivity index (χ3n) is 3.61. The topological polar surface area (TPSA) is 94.5 Å². The molecule has 0 aromatic heterocycles. The number of urea groups is 1. The average Bonchev–Trinajstić information content (AvgIpc) is 2.74. The van der Waals surface area contributed by atoms with Crippen LogP contribution in [0.3, 0.4) is 0 Å². The molecule has 3 amide bonds. The van der Waals surface area contributed by atoms with Crippen molar-refractivity contribution >= 4 is 11.9 Å². The summed E-state index contributed by atoms with van der Waals surface area (Å²) in [6, 6.07) is 8.06. The second-order valence-electron chi connectivity index (χ2n) is 5.23. The number of carbonyl (C=O) groups is 2. The van der Waals surface area contributed by atoms with Gasteiger partial charge in [-0.25, -0.2) is 4.79 Å². The lowest BCUT2D eigenvalue weighted by Crippen LogP contribution is -2.50. The maximum atomic E-state index is 12.1. The molecule has 2 N–H and O–H groups in total. The summed E-state index contributed by atoms with van der Waals surface area (Å²) >= 11 is 0. The number of carbonyl (C=O) groups excluding carboxylic acids is 2. The van der Waals surface area contributed by atoms with E-state index < -0.39 is 6.04 Å². The van der Waals surface area contributed by atoms with Crippen LogP contribution in [0.5, 0.6) is 5.75 Å². The minimum atomic E-state index is -0.475. The Labute approximate surface area is 135 Å². The molecule has 1 saturated heterocycles. The van der Waals surface area contributed by atoms with Gasteiger partial charge in [0, 0.05) is 13.1 Å². The first-order valence-electron chi connectivity index (χ1n) is 7.57. The minimum absolute atomic E-state index is 0.133. The molecule has 1 fully saturated rings. The average molecular weight is 316 g/mol. The summed E-state index contributed by atoms with van der Waals surface area (Å²) in [6.07, 6.45) is 0.741. The number of rotatable bonds is 4. The van der Waals surface area contributed by atoms with Crippen LogP contribution in [0.2, 0.25) is 0 Å². The molecule has 0 unspecified atom stereocenters. The van der Waals surface area contributed by atoms with Gasteiger partial charge >= 0.3 is 6.03 Å². The van der Waals surface area contributed by atoms with E-state index in [1.54, 1.807) is 31.2 Å². The summed E-state index contributed by atoms with van der Waals surface area (Å²) in [6.45, 7) is 3.50. The molecule has 7 heteroatoms. The van der Waals surface area contributed by atoms with Crippen molar-refractivity contribution in [2.45, 2.75) is 19.4 Å². The van der Waals surface area contributed by atoms with E-state index in [4.69, 9.17) is 10.00 Å². The van der Waals surface area contributed by atoms with Crippen molar-refractivity contribution in [2.24, 2.45) is 0 Å². The minimum Gasteiger partial charge on any atom is -0.492 e. The first kappa shape index (κ1) is 16.6. The lowest BCUT2D eigenvalue weighted by atomic mass is 10.2. The molecule has 1 aromatic rings. The van der Waals surface area contributed by atoms with Gasteiger partial charge in [-0.3, -0.25) is 4.79 Å². The van der Waals surface area contributed by atoms with Crippen molar-refractivity contribution in [1.29, 1.82) is 5.26 Å². The van der Waals surface area contributed by atoms with Gasteiger partial charge in [0.15, 0.2) is 0 Å². The molecule has 0 radical (unpaired) electrons. The van der Waals surface area contributed by atoms with Crippen molar-refractivity contribution < 1.29 is 14.3 Å². The fourth-order valence-corrected chi connectivity index (χ4v) is 2.28. The molecule has 1 aliphatic heterocycles. The molecule has 0 aliphatic carbocycles. The summed E-state index contributed by atoms with van der Waals surface area (Å²) in [5.74, 6) is 0.507. The third kappa shape index (κ3) is 4.61. The van der Waals surface area contributed by atoms with E-state index in [2.05, 4.69) is 10.6 Å². The normalized spacial score (nSPS) is 17.7. The summed E-state index contributed by atoms with van der Waals surface area (Å²) in [7, 11) is 0. The van der Waals surface area contributed by atoms with Gasteiger partial charge in [0.25, 0.3) is 0 Å². The molecule has 1 aliphatic rings. The lowest BCUT2D eigenvalue weighted by Gasteiger charge is -2.25. The highest BCUT2D eigenvalue weighted by molar-refractivity contribution is 5.87. The predicted octanol–water partition coefficient (Wildman–Crippen LogP) is 0.857. The molecular weight excluding hydrogens is 296 g/mol. The number of nitriles is 1. The van der Waals surface area contributed by atoms with Gasteiger partial charge in [-0.1, -0.05) is 0 Å². The van der Waals surface area contributed by atoms with Crippen LogP contribution >= 0.6 is 0 Å². The number of ether oxygens (including phenoxy) is 1. The molecule has 2 rings (SSSR count). The quantitative estimate of drug-likeness (QED) is 0.805. The van der Waals surface area contributed by atoms with Crippen LogP contribution in [0.25, 0.3) is 0 Å². The van der Waals surface area contributed by atoms with Crippen molar-refractivity contribution in [3.63, 3.8) is 0 Å². The summed E-state index contributed by atoms with van der Waals surface area (Å²) < 4.78 is 5.49. The van der Waals surface area contributed by atoms with Gasteiger partial charge in [-0.2, -0.15) is 5.26 Å². The van der Waals surface area contributed by atoms with Crippen LogP contribution in [-0.2, 0) is 4.79 Å². The molecule has 23 heavy (non-hydrogen) atoms. The zero-order valence-corrected chi connectivity index (χ0v) is 13.0. The summed E-state index contributed by atoms with van der Waals surface area (Å²) in [5.41, 5.74) is 0.569. The second-order valence-corrected chi connectivity index (χ2v) is 5.23. The van der Waals surface area contributed by atoms with Crippen LogP contribution in [0.15, 0.2) is 24.3 Å². The van der Waals surface area contributed by atoms with E-state index in [1.165, 1.54) is 4.90 Å². The summed E-state index contributed by atoms with van der Waals surface area (Å²) in [5, 5.41) is 14.2. The molecule has 122 valence electrons. The first-order chi connectivity index (χ1) is 11.1. The summed E-state index contributed by atoms with van der Waals surface area (Å²) in [4.78, 5) is 25.4. The van der Waals surface area contributed by atoms with Crippen molar-refractivity contribution in [3.05, 3.63) is 29.8 Å². The Balaban J connectivity index is 1.75. The highest BCUT2D eigenvalue weighted by Gasteiger charge is 2.27. The van der Waals surface area contributed by atoms with Gasteiger partial charge in [0.05, 0.1) is 18.2 Å². The smallest absolute Gasteiger partial charge is 0.318 e. The molecule has 1 aromatic carbocycles. The zero-order chi connectivity index (χ0) is 16.7. The highest BCUT2D eigenvalue weighted by Crippen LogP contribution is 2.11. The zero-order valence-electron chi connectivity index (χ0n) is 13.0. The Morgan fingerprint density at radius 1 is 1.48 bits per heavy atom. The van der Waals surface area contributed by atoms with Crippen molar-refractivity contribution in [1.82, 2.24) is 15.5 Å². The van der Waals surface area contributed by atoms with E-state index >= 15 is 0 Å². The highest BCUT2D eigenvalue weighted by atomic mass is 16.5. The number of nitrogens with one attached hydrogen (secondary N) is 2. The fourth-order valence-electron chi connectivity index (χ4n) is 2.28. The van der Waals surface area contributed by atoms with Gasteiger partial charge in [0.1, 0.15) is 18.4 Å². The lowest BCUT2D eigenvalue weighted by molar-refractivity contribution is -0.124. The number of hydrogen-bond donors (Lipinski definition) is 2. The van der Waals surface area contributed by atoms with Crippen LogP contribution in [0.1, 0.15) is 18.9 Å². The van der Waals surface area contributed by atoms with Crippen LogP contribution in [-0.4, -0.2) is 49.1 Å². The van der Waals surface area contributed by atoms with Crippen molar-refractivity contribution in [3.8, 4) is 11.8 Å². The monoisotopic (exact) mass is 316 g/mol. The van der Waals surface area contributed by atoms with Crippen LogP contribution in [0, 0.1) is 11.3 Å². The molecule has 0 saturated carbocycles. The Hall–Kier alpha value is -2.75. The van der Waals surface area contributed by atoms with E-state index in [-0.39, 0.29) is 11.9 Å².